The average Bonchev–Trinajstić information content (AvgIpc) is 2.85. The minimum absolute atomic E-state index is 1.00. The summed E-state index contributed by atoms with van der Waals surface area (Å²) in [6, 6.07) is 32.7. The van der Waals surface area contributed by atoms with Gasteiger partial charge in [-0.2, -0.15) is 0 Å². The Labute approximate surface area is 220 Å². The van der Waals surface area contributed by atoms with Gasteiger partial charge in [0.2, 0.25) is 0 Å². The van der Waals surface area contributed by atoms with Crippen LogP contribution >= 0.6 is 47.8 Å². The molecule has 5 aromatic carbocycles. The molecule has 0 atom stereocenters. The Kier molecular flexibility index (Phi) is 7.01. The highest BCUT2D eigenvalue weighted by molar-refractivity contribution is 9.11. The lowest BCUT2D eigenvalue weighted by Gasteiger charge is -2.13. The van der Waals surface area contributed by atoms with E-state index >= 15 is 0 Å². The fourth-order valence-electron chi connectivity index (χ4n) is 4.50. The van der Waals surface area contributed by atoms with Crippen molar-refractivity contribution in [1.29, 1.82) is 0 Å². The lowest BCUT2D eigenvalue weighted by Crippen LogP contribution is -1.99. The molecule has 0 fully saturated rings. The molecule has 0 saturated carbocycles. The summed E-state index contributed by atoms with van der Waals surface area (Å²) < 4.78 is 3.68. The van der Waals surface area contributed by atoms with Gasteiger partial charge in [0, 0.05) is 13.4 Å². The molecular formula is C30H23Br3. The zero-order valence-corrected chi connectivity index (χ0v) is 22.9. The van der Waals surface area contributed by atoms with Gasteiger partial charge in [-0.15, -0.1) is 0 Å². The summed E-state index contributed by atoms with van der Waals surface area (Å²) in [6.07, 6.45) is 4.02. The summed E-state index contributed by atoms with van der Waals surface area (Å²) in [5.74, 6) is 0. The molecule has 5 rings (SSSR count). The molecule has 0 aromatic heterocycles. The van der Waals surface area contributed by atoms with E-state index in [2.05, 4.69) is 139 Å². The number of fused-ring (bicyclic) bond motifs is 2. The van der Waals surface area contributed by atoms with Crippen molar-refractivity contribution in [3.05, 3.63) is 127 Å². The Bertz CT molecular complexity index is 1340. The van der Waals surface area contributed by atoms with Crippen LogP contribution in [0.15, 0.2) is 104 Å². The highest BCUT2D eigenvalue weighted by Crippen LogP contribution is 2.32. The summed E-state index contributed by atoms with van der Waals surface area (Å²) in [5.41, 5.74) is 5.44. The quantitative estimate of drug-likeness (QED) is 0.177. The van der Waals surface area contributed by atoms with Gasteiger partial charge < -0.3 is 0 Å². The van der Waals surface area contributed by atoms with Crippen molar-refractivity contribution in [3.8, 4) is 0 Å². The minimum atomic E-state index is 1.00. The van der Waals surface area contributed by atoms with E-state index in [-0.39, 0.29) is 0 Å². The molecule has 0 radical (unpaired) electrons. The first kappa shape index (κ1) is 22.8. The van der Waals surface area contributed by atoms with E-state index in [9.17, 15) is 0 Å². The monoisotopic (exact) mass is 620 g/mol. The van der Waals surface area contributed by atoms with Gasteiger partial charge in [-0.25, -0.2) is 0 Å². The third-order valence-corrected chi connectivity index (χ3v) is 9.26. The van der Waals surface area contributed by atoms with E-state index in [0.29, 0.717) is 0 Å². The Morgan fingerprint density at radius 2 is 0.758 bits per heavy atom. The van der Waals surface area contributed by atoms with Gasteiger partial charge in [0.1, 0.15) is 0 Å². The highest BCUT2D eigenvalue weighted by atomic mass is 79.9. The smallest absolute Gasteiger partial charge is 0.0285 e. The van der Waals surface area contributed by atoms with Gasteiger partial charge in [-0.3, -0.25) is 0 Å². The van der Waals surface area contributed by atoms with Crippen LogP contribution in [0.1, 0.15) is 22.3 Å². The van der Waals surface area contributed by atoms with Gasteiger partial charge in [0.05, 0.1) is 0 Å². The van der Waals surface area contributed by atoms with E-state index in [1.807, 2.05) is 0 Å². The summed E-state index contributed by atoms with van der Waals surface area (Å²) in [5, 5.41) is 5.11. The first-order valence-electron chi connectivity index (χ1n) is 11.2. The Balaban J connectivity index is 1.32. The van der Waals surface area contributed by atoms with Crippen molar-refractivity contribution in [2.24, 2.45) is 0 Å². The molecule has 164 valence electrons. The van der Waals surface area contributed by atoms with Crippen molar-refractivity contribution < 1.29 is 0 Å². The lowest BCUT2D eigenvalue weighted by molar-refractivity contribution is 0.918. The van der Waals surface area contributed by atoms with Crippen molar-refractivity contribution in [2.75, 3.05) is 0 Å². The SMILES string of the molecule is Brc1c(CCc2ccc3ccccc3c2Br)cccc1CCc1ccc2ccccc2c1Br. The standard InChI is InChI=1S/C30H23Br3/c31-28-22(16-18-24-14-12-20-6-1-3-10-26(20)29(24)32)8-5-9-23(28)17-19-25-15-13-21-7-2-4-11-27(21)30(25)33/h1-15H,16-19H2. The van der Waals surface area contributed by atoms with E-state index in [1.54, 1.807) is 0 Å². The van der Waals surface area contributed by atoms with E-state index in [0.717, 1.165) is 25.7 Å². The van der Waals surface area contributed by atoms with Crippen LogP contribution in [0.25, 0.3) is 21.5 Å². The van der Waals surface area contributed by atoms with E-state index in [1.165, 1.54) is 57.2 Å². The molecule has 0 spiro atoms. The second-order valence-corrected chi connectivity index (χ2v) is 10.8. The fourth-order valence-corrected chi connectivity index (χ4v) is 6.55. The number of halogens is 3. The fraction of sp³-hybridized carbons (Fsp3) is 0.133. The summed E-state index contributed by atoms with van der Waals surface area (Å²) >= 11 is 11.6. The van der Waals surface area contributed by atoms with Crippen LogP contribution in [0.2, 0.25) is 0 Å². The lowest BCUT2D eigenvalue weighted by atomic mass is 9.97. The van der Waals surface area contributed by atoms with Crippen molar-refractivity contribution in [2.45, 2.75) is 25.7 Å². The Morgan fingerprint density at radius 3 is 1.21 bits per heavy atom. The Hall–Kier alpha value is -1.94. The molecule has 0 unspecified atom stereocenters. The normalized spacial score (nSPS) is 11.4. The molecule has 3 heteroatoms. The topological polar surface area (TPSA) is 0 Å². The molecule has 0 aliphatic carbocycles. The van der Waals surface area contributed by atoms with Crippen LogP contribution in [-0.2, 0) is 25.7 Å². The number of hydrogen-bond acceptors (Lipinski definition) is 0. The zero-order valence-electron chi connectivity index (χ0n) is 18.1. The molecular weight excluding hydrogens is 600 g/mol. The van der Waals surface area contributed by atoms with Crippen LogP contribution in [0.5, 0.6) is 0 Å². The molecule has 0 bridgehead atoms. The van der Waals surface area contributed by atoms with Crippen molar-refractivity contribution in [3.63, 3.8) is 0 Å². The van der Waals surface area contributed by atoms with E-state index in [4.69, 9.17) is 0 Å². The first-order valence-corrected chi connectivity index (χ1v) is 13.6. The number of rotatable bonds is 6. The average molecular weight is 623 g/mol. The largest absolute Gasteiger partial charge is 0.0616 e. The maximum Gasteiger partial charge on any atom is 0.0285 e. The maximum atomic E-state index is 3.92. The number of hydrogen-bond donors (Lipinski definition) is 0. The van der Waals surface area contributed by atoms with Gasteiger partial charge in [0.25, 0.3) is 0 Å². The summed E-state index contributed by atoms with van der Waals surface area (Å²) in [6.45, 7) is 0. The summed E-state index contributed by atoms with van der Waals surface area (Å²) in [4.78, 5) is 0. The highest BCUT2D eigenvalue weighted by Gasteiger charge is 2.11. The molecule has 5 aromatic rings. The van der Waals surface area contributed by atoms with Crippen LogP contribution in [0.4, 0.5) is 0 Å². The third kappa shape index (κ3) is 4.82. The predicted octanol–water partition coefficient (Wildman–Crippen LogP) is 9.85. The third-order valence-electron chi connectivity index (χ3n) is 6.37. The van der Waals surface area contributed by atoms with Crippen LogP contribution in [-0.4, -0.2) is 0 Å². The molecule has 0 heterocycles. The van der Waals surface area contributed by atoms with Crippen molar-refractivity contribution in [1.82, 2.24) is 0 Å². The van der Waals surface area contributed by atoms with Gasteiger partial charge in [-0.05, 0) is 101 Å². The van der Waals surface area contributed by atoms with Gasteiger partial charge >= 0.3 is 0 Å². The second-order valence-electron chi connectivity index (χ2n) is 8.41. The van der Waals surface area contributed by atoms with Crippen LogP contribution < -0.4 is 0 Å². The number of aryl methyl sites for hydroxylation is 4. The molecule has 0 aliphatic rings. The molecule has 0 saturated heterocycles. The summed E-state index contributed by atoms with van der Waals surface area (Å²) in [7, 11) is 0. The molecule has 33 heavy (non-hydrogen) atoms. The van der Waals surface area contributed by atoms with Gasteiger partial charge in [0.15, 0.2) is 0 Å². The van der Waals surface area contributed by atoms with Crippen LogP contribution in [0, 0.1) is 0 Å². The molecule has 0 aliphatic heterocycles. The molecule has 0 N–H and O–H groups in total. The predicted molar refractivity (Wildman–Crippen MR) is 152 cm³/mol. The second kappa shape index (κ2) is 10.1. The molecule has 0 amide bonds. The number of benzene rings is 5. The first-order chi connectivity index (χ1) is 16.1. The maximum absolute atomic E-state index is 3.92. The minimum Gasteiger partial charge on any atom is -0.0616 e. The Morgan fingerprint density at radius 1 is 0.364 bits per heavy atom. The van der Waals surface area contributed by atoms with Gasteiger partial charge in [-0.1, -0.05) is 107 Å². The van der Waals surface area contributed by atoms with Crippen LogP contribution in [0.3, 0.4) is 0 Å². The zero-order chi connectivity index (χ0) is 22.8. The van der Waals surface area contributed by atoms with Crippen molar-refractivity contribution >= 4 is 69.3 Å². The molecule has 0 nitrogen and oxygen atoms in total. The van der Waals surface area contributed by atoms with E-state index < -0.39 is 0 Å².